The van der Waals surface area contributed by atoms with E-state index in [4.69, 9.17) is 5.21 Å². The van der Waals surface area contributed by atoms with Gasteiger partial charge in [-0.25, -0.2) is 9.97 Å². The van der Waals surface area contributed by atoms with Gasteiger partial charge in [0.15, 0.2) is 12.7 Å². The molecule has 0 aliphatic rings. The Labute approximate surface area is 40.0 Å². The van der Waals surface area contributed by atoms with E-state index in [-0.39, 0.29) is 0 Å². The van der Waals surface area contributed by atoms with E-state index in [1.165, 1.54) is 12.7 Å². The zero-order valence-electron chi connectivity index (χ0n) is 3.44. The van der Waals surface area contributed by atoms with Gasteiger partial charge in [0.05, 0.1) is 0 Å². The van der Waals surface area contributed by atoms with Gasteiger partial charge in [0, 0.05) is 0 Å². The van der Waals surface area contributed by atoms with Crippen molar-refractivity contribution in [2.75, 3.05) is 0 Å². The molecular weight excluding hydrogens is 94.1 g/mol. The second-order valence-corrected chi connectivity index (χ2v) is 0.954. The van der Waals surface area contributed by atoms with Crippen molar-refractivity contribution in [3.05, 3.63) is 19.0 Å². The van der Waals surface area contributed by atoms with Gasteiger partial charge >= 0.3 is 0 Å². The molecule has 0 spiro atoms. The largest absolute Gasteiger partial charge is 0.395 e. The SMILES string of the molecule is O[n+]1[c-]ncnc1. The Kier molecular flexibility index (Phi) is 0.856. The van der Waals surface area contributed by atoms with Gasteiger partial charge in [0.25, 0.3) is 0 Å². The van der Waals surface area contributed by atoms with Gasteiger partial charge in [0.2, 0.25) is 6.33 Å². The third kappa shape index (κ3) is 0.819. The van der Waals surface area contributed by atoms with Gasteiger partial charge in [-0.3, -0.25) is 0 Å². The molecule has 0 aromatic carbocycles. The molecule has 4 nitrogen and oxygen atoms in total. The topological polar surface area (TPSA) is 49.9 Å². The standard InChI is InChI=1S/C3H3N3O/c7-6-2-4-1-5-3-6/h1-2,7H. The first kappa shape index (κ1) is 3.98. The van der Waals surface area contributed by atoms with Crippen LogP contribution in [0.2, 0.25) is 0 Å². The summed E-state index contributed by atoms with van der Waals surface area (Å²) >= 11 is 0. The second-order valence-electron chi connectivity index (χ2n) is 0.954. The lowest BCUT2D eigenvalue weighted by atomic mass is 11.1. The van der Waals surface area contributed by atoms with Crippen LogP contribution in [0, 0.1) is 6.33 Å². The van der Waals surface area contributed by atoms with E-state index < -0.39 is 0 Å². The van der Waals surface area contributed by atoms with Gasteiger partial charge in [-0.05, 0) is 0 Å². The Morgan fingerprint density at radius 2 is 2.57 bits per heavy atom. The van der Waals surface area contributed by atoms with Crippen LogP contribution >= 0.6 is 0 Å². The average molecular weight is 97.1 g/mol. The second kappa shape index (κ2) is 1.51. The molecule has 0 atom stereocenters. The van der Waals surface area contributed by atoms with E-state index >= 15 is 0 Å². The monoisotopic (exact) mass is 97.0 g/mol. The Bertz CT molecular complexity index is 140. The van der Waals surface area contributed by atoms with Crippen molar-refractivity contribution in [2.24, 2.45) is 0 Å². The number of aromatic nitrogens is 3. The van der Waals surface area contributed by atoms with E-state index in [1.54, 1.807) is 0 Å². The maximum absolute atomic E-state index is 8.37. The molecule has 0 saturated carbocycles. The lowest BCUT2D eigenvalue weighted by Gasteiger charge is -1.85. The van der Waals surface area contributed by atoms with Gasteiger partial charge in [-0.2, -0.15) is 4.73 Å². The molecule has 7 heavy (non-hydrogen) atoms. The molecule has 1 rings (SSSR count). The van der Waals surface area contributed by atoms with Crippen molar-refractivity contribution >= 4 is 0 Å². The fourth-order valence-electron chi connectivity index (χ4n) is 0.237. The van der Waals surface area contributed by atoms with Crippen molar-refractivity contribution < 1.29 is 9.94 Å². The quantitative estimate of drug-likeness (QED) is 0.251. The summed E-state index contributed by atoms with van der Waals surface area (Å²) in [5, 5.41) is 8.37. The number of nitrogens with zero attached hydrogens (tertiary/aromatic N) is 3. The molecule has 36 valence electrons. The third-order valence-electron chi connectivity index (χ3n) is 0.461. The molecule has 4 heteroatoms. The summed E-state index contributed by atoms with van der Waals surface area (Å²) in [7, 11) is 0. The molecule has 0 aliphatic heterocycles. The zero-order chi connectivity index (χ0) is 5.11. The van der Waals surface area contributed by atoms with Crippen molar-refractivity contribution in [1.29, 1.82) is 0 Å². The number of rotatable bonds is 0. The van der Waals surface area contributed by atoms with Crippen LogP contribution in [-0.4, -0.2) is 15.2 Å². The van der Waals surface area contributed by atoms with Gasteiger partial charge in [-0.15, -0.1) is 0 Å². The lowest BCUT2D eigenvalue weighted by Crippen LogP contribution is -2.30. The zero-order valence-corrected chi connectivity index (χ0v) is 3.44. The fourth-order valence-corrected chi connectivity index (χ4v) is 0.237. The first-order valence-corrected chi connectivity index (χ1v) is 1.68. The predicted octanol–water partition coefficient (Wildman–Crippen LogP) is -1.20. The van der Waals surface area contributed by atoms with Gasteiger partial charge in [-0.1, -0.05) is 0 Å². The molecule has 0 unspecified atom stereocenters. The maximum Gasteiger partial charge on any atom is 0.211 e. The maximum atomic E-state index is 8.37. The van der Waals surface area contributed by atoms with Crippen LogP contribution in [0.1, 0.15) is 0 Å². The minimum Gasteiger partial charge on any atom is -0.395 e. The highest BCUT2D eigenvalue weighted by atomic mass is 16.5. The van der Waals surface area contributed by atoms with Crippen LogP contribution in [0.4, 0.5) is 0 Å². The molecule has 0 aliphatic carbocycles. The van der Waals surface area contributed by atoms with E-state index in [0.29, 0.717) is 4.73 Å². The van der Waals surface area contributed by atoms with Crippen LogP contribution in [0.25, 0.3) is 0 Å². The Hall–Kier alpha value is -1.19. The van der Waals surface area contributed by atoms with Crippen molar-refractivity contribution in [2.45, 2.75) is 0 Å². The van der Waals surface area contributed by atoms with Crippen LogP contribution in [0.15, 0.2) is 12.7 Å². The summed E-state index contributed by atoms with van der Waals surface area (Å²) < 4.78 is 0.653. The molecule has 0 amide bonds. The first-order valence-electron chi connectivity index (χ1n) is 1.68. The first-order chi connectivity index (χ1) is 3.39. The molecule has 0 bridgehead atoms. The van der Waals surface area contributed by atoms with Gasteiger partial charge in [0.1, 0.15) is 0 Å². The van der Waals surface area contributed by atoms with Gasteiger partial charge < -0.3 is 5.21 Å². The summed E-state index contributed by atoms with van der Waals surface area (Å²) in [4.78, 5) is 6.82. The van der Waals surface area contributed by atoms with E-state index in [0.717, 1.165) is 0 Å². The summed E-state index contributed by atoms with van der Waals surface area (Å²) in [6.07, 6.45) is 4.66. The van der Waals surface area contributed by atoms with Crippen LogP contribution in [-0.2, 0) is 0 Å². The van der Waals surface area contributed by atoms with E-state index in [1.807, 2.05) is 0 Å². The summed E-state index contributed by atoms with van der Waals surface area (Å²) in [5.41, 5.74) is 0. The predicted molar refractivity (Wildman–Crippen MR) is 18.2 cm³/mol. The van der Waals surface area contributed by atoms with Crippen LogP contribution < -0.4 is 4.73 Å². The molecule has 0 radical (unpaired) electrons. The fraction of sp³-hybridized carbons (Fsp3) is 0. The highest BCUT2D eigenvalue weighted by Crippen LogP contribution is 1.53. The lowest BCUT2D eigenvalue weighted by molar-refractivity contribution is -0.912. The molecule has 1 N–H and O–H groups in total. The minimum atomic E-state index is 0.653. The normalized spacial score (nSPS) is 8.57. The Morgan fingerprint density at radius 1 is 1.71 bits per heavy atom. The molecule has 1 aromatic rings. The molecule has 0 saturated heterocycles. The summed E-state index contributed by atoms with van der Waals surface area (Å²) in [6, 6.07) is 0. The minimum absolute atomic E-state index is 0.653. The molecular formula is C3H3N3O. The van der Waals surface area contributed by atoms with E-state index in [2.05, 4.69) is 16.3 Å². The van der Waals surface area contributed by atoms with Crippen LogP contribution in [0.5, 0.6) is 0 Å². The molecule has 0 fully saturated rings. The molecule has 1 aromatic heterocycles. The average Bonchev–Trinajstić information content (AvgIpc) is 1.69. The van der Waals surface area contributed by atoms with Crippen molar-refractivity contribution in [1.82, 2.24) is 9.97 Å². The smallest absolute Gasteiger partial charge is 0.211 e. The summed E-state index contributed by atoms with van der Waals surface area (Å²) in [6.45, 7) is 0. The Balaban J connectivity index is 3.02. The highest BCUT2D eigenvalue weighted by Gasteiger charge is 1.73. The number of hydrogen-bond acceptors (Lipinski definition) is 3. The Morgan fingerprint density at radius 3 is 2.86 bits per heavy atom. The number of hydrogen-bond donors (Lipinski definition) is 1. The molecule has 1 heterocycles. The summed E-state index contributed by atoms with van der Waals surface area (Å²) in [5.74, 6) is 0. The van der Waals surface area contributed by atoms with Crippen LogP contribution in [0.3, 0.4) is 0 Å². The third-order valence-corrected chi connectivity index (χ3v) is 0.461. The van der Waals surface area contributed by atoms with E-state index in [9.17, 15) is 0 Å². The van der Waals surface area contributed by atoms with Crippen molar-refractivity contribution in [3.63, 3.8) is 0 Å². The highest BCUT2D eigenvalue weighted by molar-refractivity contribution is 4.38. The van der Waals surface area contributed by atoms with Crippen molar-refractivity contribution in [3.8, 4) is 0 Å².